The van der Waals surface area contributed by atoms with E-state index in [0.29, 0.717) is 23.4 Å². The van der Waals surface area contributed by atoms with Gasteiger partial charge in [0.2, 0.25) is 5.91 Å². The largest absolute Gasteiger partial charge is 0.396 e. The number of nitrogens with one attached hydrogen (secondary N) is 1. The summed E-state index contributed by atoms with van der Waals surface area (Å²) in [7, 11) is 0. The van der Waals surface area contributed by atoms with Gasteiger partial charge < -0.3 is 19.9 Å². The summed E-state index contributed by atoms with van der Waals surface area (Å²) in [5, 5.41) is 13.1. The van der Waals surface area contributed by atoms with E-state index in [1.54, 1.807) is 52.0 Å². The second-order valence-corrected chi connectivity index (χ2v) is 7.99. The van der Waals surface area contributed by atoms with Crippen molar-refractivity contribution < 1.29 is 14.7 Å². The van der Waals surface area contributed by atoms with Crippen molar-refractivity contribution in [2.24, 2.45) is 11.8 Å². The molecule has 1 fully saturated rings. The molecule has 0 saturated carbocycles. The van der Waals surface area contributed by atoms with E-state index in [9.17, 15) is 19.5 Å². The molecule has 0 spiro atoms. The number of carbonyl (C=O) groups is 2. The lowest BCUT2D eigenvalue weighted by Gasteiger charge is -2.38. The molecule has 2 amide bonds. The lowest BCUT2D eigenvalue weighted by molar-refractivity contribution is -0.127. The number of aliphatic hydroxyl groups excluding tert-OH is 1. The summed E-state index contributed by atoms with van der Waals surface area (Å²) in [6.45, 7) is 4.13. The molecule has 0 aliphatic carbocycles. The summed E-state index contributed by atoms with van der Waals surface area (Å²) in [6.07, 6.45) is 3.56. The highest BCUT2D eigenvalue weighted by Gasteiger charge is 2.57. The molecule has 2 aliphatic heterocycles. The number of amides is 2. The lowest BCUT2D eigenvalue weighted by atomic mass is 9.86. The zero-order valence-corrected chi connectivity index (χ0v) is 17.7. The Morgan fingerprint density at radius 1 is 1.19 bits per heavy atom. The third-order valence-electron chi connectivity index (χ3n) is 6.33. The third-order valence-corrected chi connectivity index (χ3v) is 6.33. The minimum Gasteiger partial charge on any atom is -0.396 e. The molecule has 3 heterocycles. The van der Waals surface area contributed by atoms with Gasteiger partial charge in [0.05, 0.1) is 18.0 Å². The highest BCUT2D eigenvalue weighted by atomic mass is 16.3. The van der Waals surface area contributed by atoms with Gasteiger partial charge in [-0.2, -0.15) is 0 Å². The van der Waals surface area contributed by atoms with E-state index in [-0.39, 0.29) is 30.5 Å². The molecule has 2 aromatic rings. The maximum atomic E-state index is 13.5. The number of allylic oxidation sites excluding steroid dienone is 1. The van der Waals surface area contributed by atoms with E-state index >= 15 is 0 Å². The first-order valence-electron chi connectivity index (χ1n) is 10.7. The van der Waals surface area contributed by atoms with E-state index in [1.807, 2.05) is 26.0 Å². The molecule has 162 valence electrons. The Kier molecular flexibility index (Phi) is 5.78. The third kappa shape index (κ3) is 3.39. The van der Waals surface area contributed by atoms with Crippen molar-refractivity contribution in [3.63, 3.8) is 0 Å². The van der Waals surface area contributed by atoms with Crippen LogP contribution in [0.15, 0.2) is 53.3 Å². The van der Waals surface area contributed by atoms with Crippen molar-refractivity contribution in [2.75, 3.05) is 13.2 Å². The molecule has 4 rings (SSSR count). The van der Waals surface area contributed by atoms with Gasteiger partial charge in [-0.1, -0.05) is 30.4 Å². The van der Waals surface area contributed by atoms with Crippen molar-refractivity contribution in [1.82, 2.24) is 14.8 Å². The first kappa shape index (κ1) is 21.1. The van der Waals surface area contributed by atoms with Crippen LogP contribution >= 0.6 is 0 Å². The number of nitrogens with zero attached hydrogens (tertiary/aromatic N) is 2. The monoisotopic (exact) mass is 421 g/mol. The summed E-state index contributed by atoms with van der Waals surface area (Å²) in [6, 6.07) is 11.4. The lowest BCUT2D eigenvalue weighted by Crippen LogP contribution is -2.49. The summed E-state index contributed by atoms with van der Waals surface area (Å²) in [5.41, 5.74) is 1.56. The van der Waals surface area contributed by atoms with Crippen LogP contribution in [0.5, 0.6) is 0 Å². The molecule has 2 bridgehead atoms. The number of hydrogen-bond acceptors (Lipinski definition) is 4. The van der Waals surface area contributed by atoms with Crippen LogP contribution in [0, 0.1) is 11.8 Å². The molecule has 1 aromatic carbocycles. The minimum absolute atomic E-state index is 0.148. The molecule has 7 heteroatoms. The van der Waals surface area contributed by atoms with Crippen LogP contribution in [0.1, 0.15) is 41.5 Å². The summed E-state index contributed by atoms with van der Waals surface area (Å²) < 4.78 is 1.67. The van der Waals surface area contributed by atoms with Crippen LogP contribution in [0.4, 0.5) is 0 Å². The van der Waals surface area contributed by atoms with Gasteiger partial charge in [-0.25, -0.2) is 0 Å². The number of aliphatic hydroxyl groups is 1. The van der Waals surface area contributed by atoms with Crippen LogP contribution < -0.4 is 10.9 Å². The van der Waals surface area contributed by atoms with Gasteiger partial charge in [0.1, 0.15) is 0 Å². The Labute approximate surface area is 181 Å². The van der Waals surface area contributed by atoms with Gasteiger partial charge >= 0.3 is 0 Å². The summed E-state index contributed by atoms with van der Waals surface area (Å²) >= 11 is 0. The highest BCUT2D eigenvalue weighted by Crippen LogP contribution is 2.48. The minimum atomic E-state index is -0.636. The van der Waals surface area contributed by atoms with Gasteiger partial charge in [-0.05, 0) is 38.1 Å². The van der Waals surface area contributed by atoms with E-state index in [4.69, 9.17) is 0 Å². The SMILES string of the molecule is C/C=C/c1ccc2n(c1=O)C[C@H]1[C@H](CO)[C@@H](C(=O)NCC)[C@@H]2N1C(=O)c1ccccc1. The van der Waals surface area contributed by atoms with E-state index in [1.165, 1.54) is 0 Å². The fourth-order valence-corrected chi connectivity index (χ4v) is 5.03. The van der Waals surface area contributed by atoms with Crippen LogP contribution in [-0.4, -0.2) is 45.6 Å². The van der Waals surface area contributed by atoms with E-state index in [2.05, 4.69) is 5.32 Å². The fraction of sp³-hybridized carbons (Fsp3) is 0.375. The molecule has 0 unspecified atom stereocenters. The van der Waals surface area contributed by atoms with Gasteiger partial charge in [-0.3, -0.25) is 14.4 Å². The van der Waals surface area contributed by atoms with E-state index in [0.717, 1.165) is 0 Å². The maximum absolute atomic E-state index is 13.5. The predicted octanol–water partition coefficient (Wildman–Crippen LogP) is 1.82. The highest BCUT2D eigenvalue weighted by molar-refractivity contribution is 5.96. The topological polar surface area (TPSA) is 91.6 Å². The van der Waals surface area contributed by atoms with Crippen molar-refractivity contribution in [3.05, 3.63) is 75.7 Å². The molecule has 4 atom stereocenters. The smallest absolute Gasteiger partial charge is 0.258 e. The molecular weight excluding hydrogens is 394 g/mol. The van der Waals surface area contributed by atoms with Gasteiger partial charge in [0.15, 0.2) is 0 Å². The Balaban J connectivity index is 1.89. The number of aromatic nitrogens is 1. The van der Waals surface area contributed by atoms with Crippen molar-refractivity contribution in [3.8, 4) is 0 Å². The molecule has 2 aliphatic rings. The van der Waals surface area contributed by atoms with Crippen LogP contribution in [0.25, 0.3) is 6.08 Å². The fourth-order valence-electron chi connectivity index (χ4n) is 5.03. The quantitative estimate of drug-likeness (QED) is 0.771. The molecule has 0 radical (unpaired) electrons. The zero-order chi connectivity index (χ0) is 22.1. The predicted molar refractivity (Wildman–Crippen MR) is 117 cm³/mol. The summed E-state index contributed by atoms with van der Waals surface area (Å²) in [5.74, 6) is -1.51. The number of rotatable bonds is 5. The first-order chi connectivity index (χ1) is 15.0. The molecule has 1 saturated heterocycles. The van der Waals surface area contributed by atoms with Crippen LogP contribution in [0.3, 0.4) is 0 Å². The second kappa shape index (κ2) is 8.51. The van der Waals surface area contributed by atoms with Crippen molar-refractivity contribution in [2.45, 2.75) is 32.5 Å². The first-order valence-corrected chi connectivity index (χ1v) is 10.7. The molecule has 31 heavy (non-hydrogen) atoms. The number of benzene rings is 1. The Morgan fingerprint density at radius 2 is 1.94 bits per heavy atom. The van der Waals surface area contributed by atoms with Gasteiger partial charge in [-0.15, -0.1) is 0 Å². The average molecular weight is 421 g/mol. The van der Waals surface area contributed by atoms with Crippen molar-refractivity contribution in [1.29, 1.82) is 0 Å². The molecular formula is C24H27N3O4. The normalized spacial score (nSPS) is 24.3. The number of carbonyl (C=O) groups excluding carboxylic acids is 2. The van der Waals surface area contributed by atoms with E-state index < -0.39 is 23.9 Å². The Hall–Kier alpha value is -3.19. The van der Waals surface area contributed by atoms with Crippen LogP contribution in [-0.2, 0) is 11.3 Å². The van der Waals surface area contributed by atoms with Gasteiger partial charge in [0.25, 0.3) is 11.5 Å². The zero-order valence-electron chi connectivity index (χ0n) is 17.7. The number of pyridine rings is 1. The Morgan fingerprint density at radius 3 is 2.58 bits per heavy atom. The molecule has 1 aromatic heterocycles. The number of hydrogen-bond donors (Lipinski definition) is 2. The Bertz CT molecular complexity index is 1080. The van der Waals surface area contributed by atoms with Crippen LogP contribution in [0.2, 0.25) is 0 Å². The molecule has 2 N–H and O–H groups in total. The average Bonchev–Trinajstić information content (AvgIpc) is 3.02. The summed E-state index contributed by atoms with van der Waals surface area (Å²) in [4.78, 5) is 41.4. The second-order valence-electron chi connectivity index (χ2n) is 7.99. The van der Waals surface area contributed by atoms with Crippen molar-refractivity contribution >= 4 is 17.9 Å². The molecule has 7 nitrogen and oxygen atoms in total. The van der Waals surface area contributed by atoms with Gasteiger partial charge in [0, 0.05) is 42.4 Å². The number of fused-ring (bicyclic) bond motifs is 4. The maximum Gasteiger partial charge on any atom is 0.258 e. The standard InChI is InChI=1S/C24H27N3O4/c1-3-8-15-11-12-18-21-20(22(29)25-4-2)17(14-28)19(13-26(18)23(15)30)27(21)24(31)16-9-6-5-7-10-16/h3,5-12,17,19-21,28H,4,13-14H2,1-2H3,(H,25,29)/b8-3+/t17-,19-,20+,21+/m0/s1.